The maximum Gasteiger partial charge on any atom is 0.266 e. The Labute approximate surface area is 189 Å². The smallest absolute Gasteiger partial charge is 0.266 e. The fourth-order valence-corrected chi connectivity index (χ4v) is 4.19. The summed E-state index contributed by atoms with van der Waals surface area (Å²) in [6.07, 6.45) is 0. The Balaban J connectivity index is 1.69. The number of nitrogens with zero attached hydrogens (tertiary/aromatic N) is 2. The first-order valence-corrected chi connectivity index (χ1v) is 11.1. The van der Waals surface area contributed by atoms with Crippen LogP contribution in [0.1, 0.15) is 17.3 Å². The molecule has 0 aliphatic rings. The lowest BCUT2D eigenvalue weighted by atomic mass is 10.1. The number of benzene rings is 3. The number of carbonyl (C=O) groups excluding carboxylic acids is 1. The molecule has 0 saturated heterocycles. The molecule has 3 aromatic carbocycles. The summed E-state index contributed by atoms with van der Waals surface area (Å²) >= 11 is 1.24. The molecule has 0 bridgehead atoms. The highest BCUT2D eigenvalue weighted by atomic mass is 32.2. The van der Waals surface area contributed by atoms with Crippen molar-refractivity contribution in [2.45, 2.75) is 12.1 Å². The number of carbonyl (C=O) groups is 1. The second-order valence-electron chi connectivity index (χ2n) is 6.92. The quantitative estimate of drug-likeness (QED) is 0.221. The zero-order valence-electron chi connectivity index (χ0n) is 17.8. The topological polar surface area (TPSA) is 70.4 Å². The predicted molar refractivity (Wildman–Crippen MR) is 127 cm³/mol. The Bertz CT molecular complexity index is 1300. The van der Waals surface area contributed by atoms with Gasteiger partial charge in [0.15, 0.2) is 10.9 Å². The van der Waals surface area contributed by atoms with Gasteiger partial charge in [0.2, 0.25) is 0 Å². The standard InChI is InChI=1S/C25H22N2O4S/c1-3-31-20-14-10-18(11-15-20)27-24(29)21-6-4-5-7-22(21)26-25(27)32-16-23(28)17-8-12-19(30-2)13-9-17/h4-15H,3,16H2,1-2H3. The van der Waals surface area contributed by atoms with Crippen LogP contribution in [0.2, 0.25) is 0 Å². The summed E-state index contributed by atoms with van der Waals surface area (Å²) in [5.41, 5.74) is 1.66. The second-order valence-corrected chi connectivity index (χ2v) is 7.86. The highest BCUT2D eigenvalue weighted by molar-refractivity contribution is 7.99. The van der Waals surface area contributed by atoms with Gasteiger partial charge in [-0.3, -0.25) is 14.2 Å². The first kappa shape index (κ1) is 21.6. The minimum atomic E-state index is -0.181. The first-order valence-electron chi connectivity index (χ1n) is 10.2. The fourth-order valence-electron chi connectivity index (χ4n) is 3.29. The van der Waals surface area contributed by atoms with E-state index in [9.17, 15) is 9.59 Å². The van der Waals surface area contributed by atoms with E-state index < -0.39 is 0 Å². The SMILES string of the molecule is CCOc1ccc(-n2c(SCC(=O)c3ccc(OC)cc3)nc3ccccc3c2=O)cc1. The molecule has 4 aromatic rings. The lowest BCUT2D eigenvalue weighted by Gasteiger charge is -2.14. The third-order valence-corrected chi connectivity index (χ3v) is 5.83. The molecule has 4 rings (SSSR count). The molecule has 0 unspecified atom stereocenters. The number of aromatic nitrogens is 2. The molecule has 1 aromatic heterocycles. The molecule has 7 heteroatoms. The number of ether oxygens (including phenoxy) is 2. The van der Waals surface area contributed by atoms with Crippen molar-refractivity contribution < 1.29 is 14.3 Å². The molecule has 0 atom stereocenters. The molecule has 1 heterocycles. The van der Waals surface area contributed by atoms with Crippen molar-refractivity contribution in [2.24, 2.45) is 0 Å². The average molecular weight is 447 g/mol. The number of hydrogen-bond acceptors (Lipinski definition) is 6. The van der Waals surface area contributed by atoms with E-state index in [1.54, 1.807) is 48.1 Å². The Kier molecular flexibility index (Phi) is 6.56. The van der Waals surface area contributed by atoms with E-state index in [-0.39, 0.29) is 17.1 Å². The van der Waals surface area contributed by atoms with E-state index in [2.05, 4.69) is 4.98 Å². The summed E-state index contributed by atoms with van der Waals surface area (Å²) in [6.45, 7) is 2.48. The van der Waals surface area contributed by atoms with Crippen molar-refractivity contribution in [3.8, 4) is 17.2 Å². The van der Waals surface area contributed by atoms with Crippen molar-refractivity contribution in [1.29, 1.82) is 0 Å². The molecule has 0 aliphatic carbocycles. The molecule has 0 amide bonds. The zero-order chi connectivity index (χ0) is 22.5. The Hall–Kier alpha value is -3.58. The van der Waals surface area contributed by atoms with Crippen LogP contribution in [0.3, 0.4) is 0 Å². The second kappa shape index (κ2) is 9.70. The molecule has 0 saturated carbocycles. The zero-order valence-corrected chi connectivity index (χ0v) is 18.6. The van der Waals surface area contributed by atoms with Gasteiger partial charge in [-0.25, -0.2) is 4.98 Å². The van der Waals surface area contributed by atoms with Crippen LogP contribution >= 0.6 is 11.8 Å². The highest BCUT2D eigenvalue weighted by Gasteiger charge is 2.16. The van der Waals surface area contributed by atoms with Crippen molar-refractivity contribution in [3.63, 3.8) is 0 Å². The third kappa shape index (κ3) is 4.53. The van der Waals surface area contributed by atoms with Gasteiger partial charge in [0.1, 0.15) is 11.5 Å². The van der Waals surface area contributed by atoms with Crippen LogP contribution in [0.25, 0.3) is 16.6 Å². The Morgan fingerprint density at radius 2 is 1.66 bits per heavy atom. The maximum atomic E-state index is 13.3. The largest absolute Gasteiger partial charge is 0.497 e. The molecular formula is C25H22N2O4S. The summed E-state index contributed by atoms with van der Waals surface area (Å²) in [5.74, 6) is 1.50. The number of fused-ring (bicyclic) bond motifs is 1. The number of para-hydroxylation sites is 1. The normalized spacial score (nSPS) is 10.8. The molecule has 0 fully saturated rings. The third-order valence-electron chi connectivity index (χ3n) is 4.90. The molecule has 0 aliphatic heterocycles. The van der Waals surface area contributed by atoms with Gasteiger partial charge in [0, 0.05) is 5.56 Å². The molecule has 162 valence electrons. The molecule has 32 heavy (non-hydrogen) atoms. The van der Waals surface area contributed by atoms with E-state index in [0.717, 1.165) is 5.75 Å². The van der Waals surface area contributed by atoms with Crippen molar-refractivity contribution in [2.75, 3.05) is 19.5 Å². The summed E-state index contributed by atoms with van der Waals surface area (Å²) in [5, 5.41) is 0.979. The van der Waals surface area contributed by atoms with Crippen LogP contribution in [-0.4, -0.2) is 34.8 Å². The number of methoxy groups -OCH3 is 1. The molecule has 6 nitrogen and oxygen atoms in total. The van der Waals surface area contributed by atoms with Crippen LogP contribution in [0.15, 0.2) is 82.7 Å². The van der Waals surface area contributed by atoms with E-state index in [1.165, 1.54) is 11.8 Å². The fraction of sp³-hybridized carbons (Fsp3) is 0.160. The lowest BCUT2D eigenvalue weighted by Crippen LogP contribution is -2.22. The van der Waals surface area contributed by atoms with Gasteiger partial charge in [-0.1, -0.05) is 23.9 Å². The minimum Gasteiger partial charge on any atom is -0.497 e. The van der Waals surface area contributed by atoms with Gasteiger partial charge in [-0.05, 0) is 67.6 Å². The minimum absolute atomic E-state index is 0.0571. The predicted octanol–water partition coefficient (Wildman–Crippen LogP) is 4.77. The van der Waals surface area contributed by atoms with Crippen molar-refractivity contribution >= 4 is 28.4 Å². The summed E-state index contributed by atoms with van der Waals surface area (Å²) < 4.78 is 12.2. The number of thioether (sulfide) groups is 1. The van der Waals surface area contributed by atoms with Crippen molar-refractivity contribution in [3.05, 3.63) is 88.7 Å². The number of Topliss-reactive ketones (excluding diaryl/α,β-unsaturated/α-hetero) is 1. The van der Waals surface area contributed by atoms with E-state index >= 15 is 0 Å². The summed E-state index contributed by atoms with van der Waals surface area (Å²) in [7, 11) is 1.58. The van der Waals surface area contributed by atoms with Crippen LogP contribution in [0.4, 0.5) is 0 Å². The van der Waals surface area contributed by atoms with Crippen LogP contribution in [0.5, 0.6) is 11.5 Å². The van der Waals surface area contributed by atoms with Crippen molar-refractivity contribution in [1.82, 2.24) is 9.55 Å². The van der Waals surface area contributed by atoms with Gasteiger partial charge in [-0.2, -0.15) is 0 Å². The van der Waals surface area contributed by atoms with Crippen LogP contribution in [-0.2, 0) is 0 Å². The maximum absolute atomic E-state index is 13.3. The molecule has 0 N–H and O–H groups in total. The number of hydrogen-bond donors (Lipinski definition) is 0. The van der Waals surface area contributed by atoms with E-state index in [0.29, 0.717) is 39.7 Å². The van der Waals surface area contributed by atoms with E-state index in [4.69, 9.17) is 9.47 Å². The van der Waals surface area contributed by atoms with Crippen LogP contribution < -0.4 is 15.0 Å². The Morgan fingerprint density at radius 3 is 2.34 bits per heavy atom. The number of ketones is 1. The highest BCUT2D eigenvalue weighted by Crippen LogP contribution is 2.24. The average Bonchev–Trinajstić information content (AvgIpc) is 2.83. The van der Waals surface area contributed by atoms with Gasteiger partial charge in [0.05, 0.1) is 36.1 Å². The summed E-state index contributed by atoms with van der Waals surface area (Å²) in [6, 6.07) is 21.4. The number of rotatable bonds is 8. The molecule has 0 radical (unpaired) electrons. The van der Waals surface area contributed by atoms with Gasteiger partial charge < -0.3 is 9.47 Å². The van der Waals surface area contributed by atoms with Gasteiger partial charge >= 0.3 is 0 Å². The monoisotopic (exact) mass is 446 g/mol. The molecular weight excluding hydrogens is 424 g/mol. The van der Waals surface area contributed by atoms with E-state index in [1.807, 2.05) is 43.3 Å². The van der Waals surface area contributed by atoms with Crippen LogP contribution in [0, 0.1) is 0 Å². The van der Waals surface area contributed by atoms with Gasteiger partial charge in [-0.15, -0.1) is 0 Å². The Morgan fingerprint density at radius 1 is 0.969 bits per heavy atom. The first-order chi connectivity index (χ1) is 15.6. The lowest BCUT2D eigenvalue weighted by molar-refractivity contribution is 0.102. The molecule has 0 spiro atoms. The van der Waals surface area contributed by atoms with Gasteiger partial charge in [0.25, 0.3) is 5.56 Å². The summed E-state index contributed by atoms with van der Waals surface area (Å²) in [4.78, 5) is 30.7.